The Labute approximate surface area is 167 Å². The minimum absolute atomic E-state index is 0.206. The standard InChI is InChI=1S/C22H32FN3O2/c1-22(2,3)28-21(27)26-12-6-16(7-13-26)15-25-10-8-17(9-11-25)19-5-4-18(24)14-20(19)23/h4-5,8,14,16H,6-7,9-13,15,24H2,1-3H3. The summed E-state index contributed by atoms with van der Waals surface area (Å²) in [6, 6.07) is 4.92. The molecule has 0 aromatic heterocycles. The van der Waals surface area contributed by atoms with Crippen LogP contribution in [-0.4, -0.2) is 54.2 Å². The van der Waals surface area contributed by atoms with Crippen LogP contribution in [-0.2, 0) is 4.74 Å². The molecule has 154 valence electrons. The first kappa shape index (κ1) is 20.6. The van der Waals surface area contributed by atoms with Gasteiger partial charge >= 0.3 is 6.09 Å². The number of likely N-dealkylation sites (tertiary alicyclic amines) is 1. The molecule has 2 N–H and O–H groups in total. The smallest absolute Gasteiger partial charge is 0.410 e. The lowest BCUT2D eigenvalue weighted by Gasteiger charge is -2.36. The van der Waals surface area contributed by atoms with E-state index in [1.54, 1.807) is 12.1 Å². The normalized spacial score (nSPS) is 19.4. The molecule has 28 heavy (non-hydrogen) atoms. The van der Waals surface area contributed by atoms with Gasteiger partial charge in [-0.25, -0.2) is 9.18 Å². The summed E-state index contributed by atoms with van der Waals surface area (Å²) in [5.74, 6) is 0.344. The highest BCUT2D eigenvalue weighted by atomic mass is 19.1. The van der Waals surface area contributed by atoms with Crippen molar-refractivity contribution in [1.29, 1.82) is 0 Å². The number of hydrogen-bond donors (Lipinski definition) is 1. The number of piperidine rings is 1. The van der Waals surface area contributed by atoms with E-state index in [0.717, 1.165) is 57.6 Å². The number of nitrogens with two attached hydrogens (primary N) is 1. The molecule has 1 amide bonds. The van der Waals surface area contributed by atoms with Crippen LogP contribution < -0.4 is 5.73 Å². The van der Waals surface area contributed by atoms with E-state index in [1.807, 2.05) is 25.7 Å². The van der Waals surface area contributed by atoms with Gasteiger partial charge in [0.2, 0.25) is 0 Å². The SMILES string of the molecule is CC(C)(C)OC(=O)N1CCC(CN2CC=C(c3ccc(N)cc3F)CC2)CC1. The van der Waals surface area contributed by atoms with Gasteiger partial charge in [-0.05, 0) is 69.7 Å². The van der Waals surface area contributed by atoms with Crippen molar-refractivity contribution in [3.8, 4) is 0 Å². The number of nitrogen functional groups attached to an aromatic ring is 1. The van der Waals surface area contributed by atoms with Gasteiger partial charge in [0.05, 0.1) is 0 Å². The fourth-order valence-electron chi connectivity index (χ4n) is 3.90. The second kappa shape index (κ2) is 8.52. The van der Waals surface area contributed by atoms with Crippen molar-refractivity contribution >= 4 is 17.4 Å². The zero-order chi connectivity index (χ0) is 20.3. The number of rotatable bonds is 3. The van der Waals surface area contributed by atoms with Gasteiger partial charge in [-0.1, -0.05) is 6.08 Å². The Morgan fingerprint density at radius 2 is 1.96 bits per heavy atom. The van der Waals surface area contributed by atoms with Crippen molar-refractivity contribution in [1.82, 2.24) is 9.80 Å². The van der Waals surface area contributed by atoms with Crippen molar-refractivity contribution in [2.75, 3.05) is 38.5 Å². The molecule has 2 heterocycles. The van der Waals surface area contributed by atoms with Gasteiger partial charge in [-0.15, -0.1) is 0 Å². The van der Waals surface area contributed by atoms with Gasteiger partial charge in [0.25, 0.3) is 0 Å². The van der Waals surface area contributed by atoms with E-state index in [-0.39, 0.29) is 11.9 Å². The molecule has 3 rings (SSSR count). The summed E-state index contributed by atoms with van der Waals surface area (Å²) in [4.78, 5) is 16.4. The molecular formula is C22H32FN3O2. The van der Waals surface area contributed by atoms with E-state index >= 15 is 0 Å². The molecule has 1 fully saturated rings. The maximum Gasteiger partial charge on any atom is 0.410 e. The summed E-state index contributed by atoms with van der Waals surface area (Å²) < 4.78 is 19.6. The largest absolute Gasteiger partial charge is 0.444 e. The van der Waals surface area contributed by atoms with Crippen molar-refractivity contribution in [2.45, 2.75) is 45.6 Å². The molecule has 0 spiro atoms. The first-order chi connectivity index (χ1) is 13.2. The van der Waals surface area contributed by atoms with E-state index in [4.69, 9.17) is 10.5 Å². The summed E-state index contributed by atoms with van der Waals surface area (Å²) in [5, 5.41) is 0. The van der Waals surface area contributed by atoms with Crippen LogP contribution >= 0.6 is 0 Å². The quantitative estimate of drug-likeness (QED) is 0.789. The zero-order valence-electron chi connectivity index (χ0n) is 17.2. The second-order valence-corrected chi connectivity index (χ2v) is 8.89. The summed E-state index contributed by atoms with van der Waals surface area (Å²) in [5.41, 5.74) is 7.38. The van der Waals surface area contributed by atoms with Crippen molar-refractivity contribution in [3.63, 3.8) is 0 Å². The maximum absolute atomic E-state index is 14.1. The van der Waals surface area contributed by atoms with Crippen LogP contribution in [0, 0.1) is 11.7 Å². The monoisotopic (exact) mass is 389 g/mol. The number of benzene rings is 1. The number of nitrogens with zero attached hydrogens (tertiary/aromatic N) is 2. The lowest BCUT2D eigenvalue weighted by Crippen LogP contribution is -2.44. The summed E-state index contributed by atoms with van der Waals surface area (Å²) in [7, 11) is 0. The molecule has 1 aromatic rings. The zero-order valence-corrected chi connectivity index (χ0v) is 17.2. The first-order valence-corrected chi connectivity index (χ1v) is 10.2. The van der Waals surface area contributed by atoms with Gasteiger partial charge in [-0.2, -0.15) is 0 Å². The molecule has 5 nitrogen and oxygen atoms in total. The number of halogens is 1. The van der Waals surface area contributed by atoms with Crippen LogP contribution in [0.25, 0.3) is 5.57 Å². The fourth-order valence-corrected chi connectivity index (χ4v) is 3.90. The van der Waals surface area contributed by atoms with Gasteiger partial charge in [0.15, 0.2) is 0 Å². The van der Waals surface area contributed by atoms with Crippen LogP contribution in [0.1, 0.15) is 45.6 Å². The fraction of sp³-hybridized carbons (Fsp3) is 0.591. The maximum atomic E-state index is 14.1. The lowest BCUT2D eigenvalue weighted by atomic mass is 9.94. The predicted octanol–water partition coefficient (Wildman–Crippen LogP) is 4.14. The number of anilines is 1. The number of amides is 1. The van der Waals surface area contributed by atoms with E-state index in [9.17, 15) is 9.18 Å². The van der Waals surface area contributed by atoms with Crippen LogP contribution in [0.5, 0.6) is 0 Å². The number of carbonyl (C=O) groups excluding carboxylic acids is 1. The summed E-state index contributed by atoms with van der Waals surface area (Å²) >= 11 is 0. The van der Waals surface area contributed by atoms with Gasteiger partial charge in [-0.3, -0.25) is 4.90 Å². The van der Waals surface area contributed by atoms with E-state index < -0.39 is 5.60 Å². The van der Waals surface area contributed by atoms with Gasteiger partial charge in [0.1, 0.15) is 11.4 Å². The highest BCUT2D eigenvalue weighted by molar-refractivity contribution is 5.69. The Hall–Kier alpha value is -2.08. The second-order valence-electron chi connectivity index (χ2n) is 8.89. The van der Waals surface area contributed by atoms with Crippen LogP contribution in [0.3, 0.4) is 0 Å². The molecule has 1 aromatic carbocycles. The highest BCUT2D eigenvalue weighted by Crippen LogP contribution is 2.27. The van der Waals surface area contributed by atoms with E-state index in [1.165, 1.54) is 6.07 Å². The van der Waals surface area contributed by atoms with Crippen LogP contribution in [0.4, 0.5) is 14.9 Å². The minimum Gasteiger partial charge on any atom is -0.444 e. The lowest BCUT2D eigenvalue weighted by molar-refractivity contribution is 0.0171. The van der Waals surface area contributed by atoms with Crippen molar-refractivity contribution in [2.24, 2.45) is 5.92 Å². The van der Waals surface area contributed by atoms with Gasteiger partial charge in [0, 0.05) is 44.0 Å². The number of ether oxygens (including phenoxy) is 1. The molecule has 1 saturated heterocycles. The third-order valence-corrected chi connectivity index (χ3v) is 5.41. The Kier molecular flexibility index (Phi) is 6.28. The highest BCUT2D eigenvalue weighted by Gasteiger charge is 2.28. The molecular weight excluding hydrogens is 357 g/mol. The Morgan fingerprint density at radius 3 is 2.54 bits per heavy atom. The molecule has 2 aliphatic rings. The first-order valence-electron chi connectivity index (χ1n) is 10.2. The number of carbonyl (C=O) groups is 1. The Morgan fingerprint density at radius 1 is 1.25 bits per heavy atom. The molecule has 2 aliphatic heterocycles. The van der Waals surface area contributed by atoms with Crippen molar-refractivity contribution in [3.05, 3.63) is 35.7 Å². The van der Waals surface area contributed by atoms with Crippen LogP contribution in [0.2, 0.25) is 0 Å². The molecule has 0 aliphatic carbocycles. The molecule has 0 radical (unpaired) electrons. The summed E-state index contributed by atoms with van der Waals surface area (Å²) in [6.45, 7) is 9.99. The number of hydrogen-bond acceptors (Lipinski definition) is 4. The average molecular weight is 390 g/mol. The predicted molar refractivity (Wildman–Crippen MR) is 110 cm³/mol. The molecule has 0 atom stereocenters. The molecule has 6 heteroatoms. The van der Waals surface area contributed by atoms with Gasteiger partial charge < -0.3 is 15.4 Å². The Balaban J connectivity index is 1.47. The summed E-state index contributed by atoms with van der Waals surface area (Å²) in [6.07, 6.45) is 4.77. The molecule has 0 saturated carbocycles. The topological polar surface area (TPSA) is 58.8 Å². The van der Waals surface area contributed by atoms with Crippen molar-refractivity contribution < 1.29 is 13.9 Å². The molecule has 0 unspecified atom stereocenters. The Bertz CT molecular complexity index is 734. The minimum atomic E-state index is -0.449. The molecule has 0 bridgehead atoms. The third kappa shape index (κ3) is 5.47. The van der Waals surface area contributed by atoms with Crippen LogP contribution in [0.15, 0.2) is 24.3 Å². The van der Waals surface area contributed by atoms with E-state index in [0.29, 0.717) is 17.2 Å². The average Bonchev–Trinajstić information content (AvgIpc) is 2.62. The third-order valence-electron chi connectivity index (χ3n) is 5.41. The van der Waals surface area contributed by atoms with E-state index in [2.05, 4.69) is 11.0 Å².